The monoisotopic (exact) mass is 669 g/mol. The van der Waals surface area contributed by atoms with Crippen LogP contribution in [0, 0.1) is 0 Å². The predicted molar refractivity (Wildman–Crippen MR) is 216 cm³/mol. The highest BCUT2D eigenvalue weighted by molar-refractivity contribution is 8.76. The van der Waals surface area contributed by atoms with Crippen LogP contribution in [0.15, 0.2) is 144 Å². The van der Waals surface area contributed by atoms with Gasteiger partial charge in [0.1, 0.15) is 7.05 Å². The van der Waals surface area contributed by atoms with Crippen LogP contribution in [-0.2, 0) is 7.05 Å². The average Bonchev–Trinajstić information content (AvgIpc) is 3.13. The quantitative estimate of drug-likeness (QED) is 0.0578. The third-order valence-electron chi connectivity index (χ3n) is 8.30. The summed E-state index contributed by atoms with van der Waals surface area (Å²) in [6.45, 7) is 1.97. The fourth-order valence-corrected chi connectivity index (χ4v) is 7.66. The Labute approximate surface area is 294 Å². The van der Waals surface area contributed by atoms with Gasteiger partial charge in [-0.25, -0.2) is 0 Å². The molecule has 1 heterocycles. The maximum atomic E-state index is 4.34. The van der Waals surface area contributed by atoms with Gasteiger partial charge in [-0.15, -0.1) is 0 Å². The van der Waals surface area contributed by atoms with Crippen LogP contribution in [0.5, 0.6) is 0 Å². The van der Waals surface area contributed by atoms with E-state index in [9.17, 15) is 0 Å². The fourth-order valence-electron chi connectivity index (χ4n) is 5.58. The van der Waals surface area contributed by atoms with Crippen molar-refractivity contribution in [2.24, 2.45) is 12.0 Å². The largest absolute Gasteiger partial charge is 0.373 e. The minimum atomic E-state index is 0.985. The van der Waals surface area contributed by atoms with E-state index < -0.39 is 0 Å². The lowest BCUT2D eigenvalue weighted by atomic mass is 10.1. The maximum absolute atomic E-state index is 4.34. The third-order valence-corrected chi connectivity index (χ3v) is 10.7. The van der Waals surface area contributed by atoms with E-state index in [2.05, 4.69) is 174 Å². The van der Waals surface area contributed by atoms with Crippen LogP contribution < -0.4 is 14.4 Å². The molecule has 1 aromatic heterocycles. The molecule has 0 aliphatic heterocycles. The Morgan fingerprint density at radius 2 is 1.29 bits per heavy atom. The highest BCUT2D eigenvalue weighted by atomic mass is 33.1. The smallest absolute Gasteiger partial charge is 0.212 e. The molecule has 0 saturated heterocycles. The Morgan fingerprint density at radius 1 is 0.667 bits per heavy atom. The summed E-state index contributed by atoms with van der Waals surface area (Å²) in [6.07, 6.45) is 23.1. The van der Waals surface area contributed by atoms with E-state index in [0.717, 1.165) is 35.9 Å². The van der Waals surface area contributed by atoms with E-state index in [1.807, 2.05) is 46.9 Å². The second-order valence-electron chi connectivity index (χ2n) is 11.5. The zero-order valence-corrected chi connectivity index (χ0v) is 30.0. The molecule has 3 aromatic carbocycles. The molecule has 0 N–H and O–H groups in total. The molecule has 1 aliphatic rings. The van der Waals surface area contributed by atoms with Gasteiger partial charge < -0.3 is 9.80 Å². The lowest BCUT2D eigenvalue weighted by Gasteiger charge is -2.22. The fraction of sp³-hybridized carbons (Fsp3) is 0.190. The van der Waals surface area contributed by atoms with Gasteiger partial charge in [0.25, 0.3) is 0 Å². The highest BCUT2D eigenvalue weighted by Gasteiger charge is 2.10. The van der Waals surface area contributed by atoms with Crippen LogP contribution in [0.4, 0.5) is 11.4 Å². The number of anilines is 2. The van der Waals surface area contributed by atoms with Crippen molar-refractivity contribution in [2.45, 2.75) is 0 Å². The molecule has 0 unspecified atom stereocenters. The molecule has 4 aromatic rings. The van der Waals surface area contributed by atoms with E-state index in [4.69, 9.17) is 0 Å². The second kappa shape index (κ2) is 18.1. The van der Waals surface area contributed by atoms with Crippen molar-refractivity contribution in [1.82, 2.24) is 0 Å². The van der Waals surface area contributed by atoms with Gasteiger partial charge in [-0.2, -0.15) is 4.57 Å². The number of benzene rings is 3. The first-order valence-electron chi connectivity index (χ1n) is 16.3. The molecule has 5 rings (SSSR count). The molecule has 0 bridgehead atoms. The first-order valence-corrected chi connectivity index (χ1v) is 18.8. The standard InChI is InChI=1S/C42H45N4S2/c1-43-39-22-12-8-17-34(39)16-6-5-7-18-35-19-9-13-23-40(35)44(2)30-32-47-48-33-31-45(3)41-24-14-10-20-36(41)26-28-38-29-27-37-21-11-15-25-42(37)46(38)4/h5-29H,30-33H2,1-4H3/q+1/b6-5+,18-7+,34-16-,43-39?. The van der Waals surface area contributed by atoms with E-state index in [1.54, 1.807) is 0 Å². The number of aliphatic imine (C=N–C) groups is 1. The molecule has 4 nitrogen and oxygen atoms in total. The first-order chi connectivity index (χ1) is 23.5. The topological polar surface area (TPSA) is 22.7 Å². The number of nitrogens with zero attached hydrogens (tertiary/aromatic N) is 4. The molecule has 0 atom stereocenters. The number of hydrogen-bond donors (Lipinski definition) is 0. The van der Waals surface area contributed by atoms with Gasteiger partial charge in [0, 0.05) is 80.7 Å². The van der Waals surface area contributed by atoms with Crippen molar-refractivity contribution in [1.29, 1.82) is 0 Å². The van der Waals surface area contributed by atoms with Gasteiger partial charge in [-0.05, 0) is 53.1 Å². The van der Waals surface area contributed by atoms with Crippen LogP contribution >= 0.6 is 21.6 Å². The van der Waals surface area contributed by atoms with E-state index in [-0.39, 0.29) is 0 Å². The Kier molecular flexibility index (Phi) is 13.2. The minimum Gasteiger partial charge on any atom is -0.373 e. The number of rotatable bonds is 14. The average molecular weight is 670 g/mol. The van der Waals surface area contributed by atoms with Crippen LogP contribution in [0.1, 0.15) is 16.8 Å². The molecule has 6 heteroatoms. The Morgan fingerprint density at radius 3 is 2.00 bits per heavy atom. The van der Waals surface area contributed by atoms with Gasteiger partial charge in [0.2, 0.25) is 11.2 Å². The maximum Gasteiger partial charge on any atom is 0.212 e. The number of aromatic nitrogens is 1. The molecule has 244 valence electrons. The highest BCUT2D eigenvalue weighted by Crippen LogP contribution is 2.26. The van der Waals surface area contributed by atoms with Gasteiger partial charge in [-0.1, -0.05) is 119 Å². The lowest BCUT2D eigenvalue weighted by Crippen LogP contribution is -2.32. The SMILES string of the molecule is CN=C1C=CC=C/C1=C/C=C/C=C/c1ccccc1N(C)CCSSCCN(C)c1ccccc1/C=C/c1ccc2ccccc2[n+]1C. The summed E-state index contributed by atoms with van der Waals surface area (Å²) >= 11 is 0. The predicted octanol–water partition coefficient (Wildman–Crippen LogP) is 9.48. The summed E-state index contributed by atoms with van der Waals surface area (Å²) in [5.74, 6) is 2.11. The molecule has 0 radical (unpaired) electrons. The minimum absolute atomic E-state index is 0.985. The molecule has 0 saturated carbocycles. The zero-order chi connectivity index (χ0) is 33.6. The van der Waals surface area contributed by atoms with Gasteiger partial charge in [-0.3, -0.25) is 4.99 Å². The molecular weight excluding hydrogens is 625 g/mol. The van der Waals surface area contributed by atoms with Crippen molar-refractivity contribution < 1.29 is 4.57 Å². The van der Waals surface area contributed by atoms with Crippen molar-refractivity contribution in [2.75, 3.05) is 55.5 Å². The van der Waals surface area contributed by atoms with Crippen LogP contribution in [0.25, 0.3) is 29.1 Å². The zero-order valence-electron chi connectivity index (χ0n) is 28.4. The summed E-state index contributed by atoms with van der Waals surface area (Å²) < 4.78 is 2.25. The second-order valence-corrected chi connectivity index (χ2v) is 14.2. The van der Waals surface area contributed by atoms with Crippen molar-refractivity contribution >= 4 is 67.8 Å². The van der Waals surface area contributed by atoms with Crippen molar-refractivity contribution in [3.05, 3.63) is 156 Å². The van der Waals surface area contributed by atoms with Crippen molar-refractivity contribution in [3.8, 4) is 0 Å². The van der Waals surface area contributed by atoms with Crippen LogP contribution in [0.2, 0.25) is 0 Å². The van der Waals surface area contributed by atoms with Crippen molar-refractivity contribution in [3.63, 3.8) is 0 Å². The number of aryl methyl sites for hydroxylation is 1. The summed E-state index contributed by atoms with van der Waals surface area (Å²) in [4.78, 5) is 9.06. The third kappa shape index (κ3) is 9.52. The normalized spacial score (nSPS) is 14.8. The van der Waals surface area contributed by atoms with Crippen LogP contribution in [0.3, 0.4) is 0 Å². The summed E-state index contributed by atoms with van der Waals surface area (Å²) in [7, 11) is 12.2. The Balaban J connectivity index is 1.08. The lowest BCUT2D eigenvalue weighted by molar-refractivity contribution is -0.646. The molecular formula is C42H45N4S2+. The first kappa shape index (κ1) is 34.8. The van der Waals surface area contributed by atoms with Gasteiger partial charge in [0.05, 0.1) is 5.71 Å². The molecule has 1 aliphatic carbocycles. The number of allylic oxidation sites excluding steroid dienone is 9. The number of fused-ring (bicyclic) bond motifs is 1. The molecule has 0 spiro atoms. The molecule has 48 heavy (non-hydrogen) atoms. The van der Waals surface area contributed by atoms with Gasteiger partial charge in [0.15, 0.2) is 0 Å². The summed E-state index contributed by atoms with van der Waals surface area (Å²) in [6, 6.07) is 30.2. The van der Waals surface area contributed by atoms with E-state index in [1.165, 1.54) is 39.1 Å². The van der Waals surface area contributed by atoms with Gasteiger partial charge >= 0.3 is 0 Å². The van der Waals surface area contributed by atoms with E-state index in [0.29, 0.717) is 0 Å². The molecule has 0 amide bonds. The number of pyridine rings is 1. The molecule has 0 fully saturated rings. The van der Waals surface area contributed by atoms with Crippen LogP contribution in [-0.4, -0.2) is 51.4 Å². The Bertz CT molecular complexity index is 1900. The number of hydrogen-bond acceptors (Lipinski definition) is 5. The Hall–Kier alpha value is -4.52. The summed E-state index contributed by atoms with van der Waals surface area (Å²) in [5, 5.41) is 1.25. The number of para-hydroxylation sites is 3. The summed E-state index contributed by atoms with van der Waals surface area (Å²) in [5.41, 5.74) is 9.48. The van der Waals surface area contributed by atoms with E-state index >= 15 is 0 Å².